The molecule has 0 bridgehead atoms. The Morgan fingerprint density at radius 3 is 2.56 bits per heavy atom. The molecule has 0 saturated heterocycles. The average Bonchev–Trinajstić information content (AvgIpc) is 2.57. The maximum atomic E-state index is 13.8. The number of carbonyl (C=O) groups is 1. The summed E-state index contributed by atoms with van der Waals surface area (Å²) in [5, 5.41) is 13.2. The van der Waals surface area contributed by atoms with E-state index in [-0.39, 0.29) is 28.5 Å². The van der Waals surface area contributed by atoms with Crippen LogP contribution in [-0.2, 0) is 21.4 Å². The number of sulfonamides is 1. The van der Waals surface area contributed by atoms with Crippen LogP contribution in [0.25, 0.3) is 0 Å². The SMILES string of the molecule is CS(=O)(=O)N(CC(=O)Nc1cc([N+](=O)[O-])ccc1Cl)Cc1ccccc1F. The number of carbonyl (C=O) groups excluding carboxylic acids is 1. The van der Waals surface area contributed by atoms with Gasteiger partial charge < -0.3 is 5.32 Å². The number of hydrogen-bond donors (Lipinski definition) is 1. The average molecular weight is 416 g/mol. The molecule has 2 aromatic rings. The van der Waals surface area contributed by atoms with Crippen LogP contribution in [0, 0.1) is 15.9 Å². The molecule has 0 spiro atoms. The van der Waals surface area contributed by atoms with E-state index in [4.69, 9.17) is 11.6 Å². The molecule has 0 saturated carbocycles. The monoisotopic (exact) mass is 415 g/mol. The van der Waals surface area contributed by atoms with E-state index in [1.807, 2.05) is 0 Å². The Labute approximate surface area is 159 Å². The number of amides is 1. The summed E-state index contributed by atoms with van der Waals surface area (Å²) >= 11 is 5.90. The molecule has 8 nitrogen and oxygen atoms in total. The molecule has 11 heteroatoms. The first-order chi connectivity index (χ1) is 12.6. The lowest BCUT2D eigenvalue weighted by atomic mass is 10.2. The summed E-state index contributed by atoms with van der Waals surface area (Å²) in [6.45, 7) is -0.964. The van der Waals surface area contributed by atoms with Crippen molar-refractivity contribution in [3.63, 3.8) is 0 Å². The van der Waals surface area contributed by atoms with Gasteiger partial charge in [0.25, 0.3) is 5.69 Å². The quantitative estimate of drug-likeness (QED) is 0.552. The predicted molar refractivity (Wildman–Crippen MR) is 98.4 cm³/mol. The van der Waals surface area contributed by atoms with Gasteiger partial charge in [0.15, 0.2) is 0 Å². The Morgan fingerprint density at radius 2 is 1.96 bits per heavy atom. The van der Waals surface area contributed by atoms with Crippen LogP contribution < -0.4 is 5.32 Å². The van der Waals surface area contributed by atoms with Gasteiger partial charge in [-0.2, -0.15) is 4.31 Å². The molecule has 27 heavy (non-hydrogen) atoms. The van der Waals surface area contributed by atoms with Gasteiger partial charge in [-0.25, -0.2) is 12.8 Å². The standard InChI is InChI=1S/C16H15ClFN3O5S/c1-27(25,26)20(9-11-4-2-3-5-14(11)18)10-16(22)19-15-8-12(21(23)24)6-7-13(15)17/h2-8H,9-10H2,1H3,(H,19,22). The maximum Gasteiger partial charge on any atom is 0.271 e. The van der Waals surface area contributed by atoms with Gasteiger partial charge in [0.05, 0.1) is 28.4 Å². The van der Waals surface area contributed by atoms with E-state index < -0.39 is 33.2 Å². The van der Waals surface area contributed by atoms with Crippen LogP contribution in [0.1, 0.15) is 5.56 Å². The summed E-state index contributed by atoms with van der Waals surface area (Å²) in [6, 6.07) is 9.05. The number of halogens is 2. The van der Waals surface area contributed by atoms with Gasteiger partial charge in [-0.1, -0.05) is 29.8 Å². The summed E-state index contributed by atoms with van der Waals surface area (Å²) in [6.07, 6.45) is 0.890. The van der Waals surface area contributed by atoms with Gasteiger partial charge in [-0.05, 0) is 12.1 Å². The smallest absolute Gasteiger partial charge is 0.271 e. The highest BCUT2D eigenvalue weighted by atomic mass is 35.5. The van der Waals surface area contributed by atoms with Crippen LogP contribution in [0.15, 0.2) is 42.5 Å². The molecule has 2 rings (SSSR count). The molecule has 0 heterocycles. The van der Waals surface area contributed by atoms with Crippen molar-refractivity contribution < 1.29 is 22.5 Å². The highest BCUT2D eigenvalue weighted by Gasteiger charge is 2.22. The van der Waals surface area contributed by atoms with E-state index in [9.17, 15) is 27.7 Å². The largest absolute Gasteiger partial charge is 0.323 e. The van der Waals surface area contributed by atoms with Crippen molar-refractivity contribution in [2.45, 2.75) is 6.54 Å². The van der Waals surface area contributed by atoms with Gasteiger partial charge in [-0.15, -0.1) is 0 Å². The fraction of sp³-hybridized carbons (Fsp3) is 0.188. The van der Waals surface area contributed by atoms with E-state index in [1.54, 1.807) is 6.07 Å². The Kier molecular flexibility index (Phi) is 6.47. The molecule has 0 radical (unpaired) electrons. The van der Waals surface area contributed by atoms with E-state index in [1.165, 1.54) is 30.3 Å². The highest BCUT2D eigenvalue weighted by Crippen LogP contribution is 2.26. The fourth-order valence-corrected chi connectivity index (χ4v) is 3.07. The van der Waals surface area contributed by atoms with Crippen molar-refractivity contribution in [1.29, 1.82) is 0 Å². The predicted octanol–water partition coefficient (Wildman–Crippen LogP) is 2.79. The number of nitrogens with zero attached hydrogens (tertiary/aromatic N) is 2. The molecule has 0 fully saturated rings. The van der Waals surface area contributed by atoms with E-state index in [0.29, 0.717) is 0 Å². The zero-order valence-electron chi connectivity index (χ0n) is 14.1. The molecule has 0 atom stereocenters. The second kappa shape index (κ2) is 8.42. The molecule has 2 aromatic carbocycles. The summed E-state index contributed by atoms with van der Waals surface area (Å²) in [5.74, 6) is -1.38. The first-order valence-corrected chi connectivity index (χ1v) is 9.73. The Bertz CT molecular complexity index is 984. The molecule has 0 aliphatic carbocycles. The molecular weight excluding hydrogens is 401 g/mol. The number of benzene rings is 2. The number of rotatable bonds is 7. The molecule has 0 aliphatic rings. The van der Waals surface area contributed by atoms with Crippen molar-refractivity contribution >= 4 is 38.9 Å². The number of nitrogens with one attached hydrogen (secondary N) is 1. The van der Waals surface area contributed by atoms with Crippen molar-refractivity contribution in [1.82, 2.24) is 4.31 Å². The second-order valence-electron chi connectivity index (χ2n) is 5.59. The third-order valence-electron chi connectivity index (χ3n) is 3.53. The molecule has 1 N–H and O–H groups in total. The van der Waals surface area contributed by atoms with Gasteiger partial charge in [0, 0.05) is 24.2 Å². The topological polar surface area (TPSA) is 110 Å². The highest BCUT2D eigenvalue weighted by molar-refractivity contribution is 7.88. The maximum absolute atomic E-state index is 13.8. The minimum absolute atomic E-state index is 0.0322. The number of nitro benzene ring substituents is 1. The summed E-state index contributed by atoms with van der Waals surface area (Å²) < 4.78 is 38.5. The number of anilines is 1. The van der Waals surface area contributed by atoms with Gasteiger partial charge >= 0.3 is 0 Å². The Balaban J connectivity index is 2.19. The number of non-ortho nitro benzene ring substituents is 1. The molecule has 0 aromatic heterocycles. The molecule has 0 unspecified atom stereocenters. The lowest BCUT2D eigenvalue weighted by molar-refractivity contribution is -0.384. The van der Waals surface area contributed by atoms with E-state index >= 15 is 0 Å². The lowest BCUT2D eigenvalue weighted by Gasteiger charge is -2.20. The van der Waals surface area contributed by atoms with Crippen molar-refractivity contribution in [2.75, 3.05) is 18.1 Å². The van der Waals surface area contributed by atoms with Crippen LogP contribution in [0.5, 0.6) is 0 Å². The van der Waals surface area contributed by atoms with Crippen LogP contribution in [0.4, 0.5) is 15.8 Å². The van der Waals surface area contributed by atoms with Gasteiger partial charge in [0.2, 0.25) is 15.9 Å². The minimum atomic E-state index is -3.83. The first kappa shape index (κ1) is 20.7. The van der Waals surface area contributed by atoms with Crippen molar-refractivity contribution in [3.8, 4) is 0 Å². The van der Waals surface area contributed by atoms with E-state index in [2.05, 4.69) is 5.32 Å². The molecule has 1 amide bonds. The van der Waals surface area contributed by atoms with E-state index in [0.717, 1.165) is 16.6 Å². The van der Waals surface area contributed by atoms with Crippen LogP contribution >= 0.6 is 11.6 Å². The minimum Gasteiger partial charge on any atom is -0.323 e. The normalized spacial score (nSPS) is 11.4. The second-order valence-corrected chi connectivity index (χ2v) is 7.98. The van der Waals surface area contributed by atoms with Crippen LogP contribution in [-0.4, -0.2) is 36.4 Å². The first-order valence-electron chi connectivity index (χ1n) is 7.50. The molecular formula is C16H15ClFN3O5S. The van der Waals surface area contributed by atoms with Gasteiger partial charge in [-0.3, -0.25) is 14.9 Å². The third kappa shape index (κ3) is 5.71. The Morgan fingerprint density at radius 1 is 1.30 bits per heavy atom. The molecule has 144 valence electrons. The zero-order valence-corrected chi connectivity index (χ0v) is 15.6. The Hall–Kier alpha value is -2.56. The van der Waals surface area contributed by atoms with Crippen LogP contribution in [0.2, 0.25) is 5.02 Å². The van der Waals surface area contributed by atoms with Gasteiger partial charge in [0.1, 0.15) is 5.82 Å². The number of nitro groups is 1. The third-order valence-corrected chi connectivity index (χ3v) is 5.05. The number of hydrogen-bond acceptors (Lipinski definition) is 5. The van der Waals surface area contributed by atoms with Crippen molar-refractivity contribution in [2.24, 2.45) is 0 Å². The lowest BCUT2D eigenvalue weighted by Crippen LogP contribution is -2.37. The molecule has 0 aliphatic heterocycles. The fourth-order valence-electron chi connectivity index (χ4n) is 2.18. The summed E-state index contributed by atoms with van der Waals surface area (Å²) in [5.41, 5.74) is -0.222. The summed E-state index contributed by atoms with van der Waals surface area (Å²) in [7, 11) is -3.83. The zero-order chi connectivity index (χ0) is 20.2. The van der Waals surface area contributed by atoms with Crippen LogP contribution in [0.3, 0.4) is 0 Å². The van der Waals surface area contributed by atoms with Crippen molar-refractivity contribution in [3.05, 3.63) is 69.0 Å². The summed E-state index contributed by atoms with van der Waals surface area (Å²) in [4.78, 5) is 22.4.